The van der Waals surface area contributed by atoms with Gasteiger partial charge in [-0.05, 0) is 43.7 Å². The smallest absolute Gasteiger partial charge is 0.234 e. The molecule has 2 aromatic rings. The van der Waals surface area contributed by atoms with Gasteiger partial charge in [-0.3, -0.25) is 0 Å². The molecule has 1 heterocycles. The molecular formula is C18H26N2O. The normalized spacial score (nSPS) is 11.3. The lowest BCUT2D eigenvalue weighted by atomic mass is 10.0. The molecule has 0 aliphatic carbocycles. The van der Waals surface area contributed by atoms with Gasteiger partial charge >= 0.3 is 0 Å². The highest BCUT2D eigenvalue weighted by Gasteiger charge is 2.19. The van der Waals surface area contributed by atoms with Gasteiger partial charge in [0, 0.05) is 5.56 Å². The Balaban J connectivity index is 2.52. The summed E-state index contributed by atoms with van der Waals surface area (Å²) in [6.07, 6.45) is 4.08. The van der Waals surface area contributed by atoms with Crippen molar-refractivity contribution >= 4 is 0 Å². The number of aryl methyl sites for hydroxylation is 1. The number of aromatic hydroxyl groups is 1. The first-order valence-electron chi connectivity index (χ1n) is 7.90. The molecule has 21 heavy (non-hydrogen) atoms. The molecule has 0 amide bonds. The molecule has 1 N–H and O–H groups in total. The molecule has 1 aromatic heterocycles. The van der Waals surface area contributed by atoms with Gasteiger partial charge in [0.2, 0.25) is 5.88 Å². The number of unbranched alkanes of at least 4 members (excludes halogenated alkanes) is 1. The number of aromatic nitrogens is 2. The van der Waals surface area contributed by atoms with Crippen molar-refractivity contribution in [2.24, 2.45) is 5.92 Å². The molecule has 1 aromatic carbocycles. The molecule has 0 bridgehead atoms. The van der Waals surface area contributed by atoms with Crippen LogP contribution in [0.15, 0.2) is 24.3 Å². The zero-order valence-corrected chi connectivity index (χ0v) is 13.6. The summed E-state index contributed by atoms with van der Waals surface area (Å²) in [5.41, 5.74) is 4.42. The number of rotatable bonds is 6. The Morgan fingerprint density at radius 3 is 2.57 bits per heavy atom. The van der Waals surface area contributed by atoms with Crippen LogP contribution in [0, 0.1) is 12.8 Å². The first-order valence-corrected chi connectivity index (χ1v) is 7.90. The van der Waals surface area contributed by atoms with E-state index in [0.29, 0.717) is 5.92 Å². The van der Waals surface area contributed by atoms with Crippen LogP contribution in [0.5, 0.6) is 5.88 Å². The predicted octanol–water partition coefficient (Wildman–Crippen LogP) is 4.43. The van der Waals surface area contributed by atoms with E-state index in [4.69, 9.17) is 0 Å². The molecule has 3 nitrogen and oxygen atoms in total. The largest absolute Gasteiger partial charge is 0.492 e. The van der Waals surface area contributed by atoms with E-state index in [-0.39, 0.29) is 5.88 Å². The summed E-state index contributed by atoms with van der Waals surface area (Å²) in [5, 5.41) is 14.7. The van der Waals surface area contributed by atoms with E-state index in [9.17, 15) is 5.11 Å². The van der Waals surface area contributed by atoms with Gasteiger partial charge in [-0.25, -0.2) is 4.68 Å². The van der Waals surface area contributed by atoms with Gasteiger partial charge in [0.15, 0.2) is 0 Å². The Hall–Kier alpha value is -1.77. The molecule has 0 spiro atoms. The highest BCUT2D eigenvalue weighted by molar-refractivity contribution is 5.44. The maximum atomic E-state index is 10.3. The van der Waals surface area contributed by atoms with Crippen LogP contribution in [0.3, 0.4) is 0 Å². The number of benzene rings is 1. The van der Waals surface area contributed by atoms with Gasteiger partial charge in [0.05, 0.1) is 11.4 Å². The number of para-hydroxylation sites is 1. The van der Waals surface area contributed by atoms with E-state index in [1.165, 1.54) is 5.56 Å². The Morgan fingerprint density at radius 1 is 1.24 bits per heavy atom. The second-order valence-electron chi connectivity index (χ2n) is 6.15. The first kappa shape index (κ1) is 15.6. The van der Waals surface area contributed by atoms with Crippen LogP contribution < -0.4 is 0 Å². The van der Waals surface area contributed by atoms with Crippen LogP contribution >= 0.6 is 0 Å². The summed E-state index contributed by atoms with van der Waals surface area (Å²) in [4.78, 5) is 0. The highest BCUT2D eigenvalue weighted by atomic mass is 16.3. The van der Waals surface area contributed by atoms with Gasteiger partial charge in [-0.1, -0.05) is 45.4 Å². The summed E-state index contributed by atoms with van der Waals surface area (Å²) in [7, 11) is 0. The topological polar surface area (TPSA) is 38.1 Å². The Labute approximate surface area is 127 Å². The van der Waals surface area contributed by atoms with Crippen LogP contribution in [0.25, 0.3) is 5.69 Å². The molecule has 0 unspecified atom stereocenters. The number of hydrogen-bond donors (Lipinski definition) is 1. The summed E-state index contributed by atoms with van der Waals surface area (Å²) in [5.74, 6) is 0.698. The molecule has 0 radical (unpaired) electrons. The maximum Gasteiger partial charge on any atom is 0.234 e. The zero-order valence-electron chi connectivity index (χ0n) is 13.6. The van der Waals surface area contributed by atoms with Crippen molar-refractivity contribution in [2.45, 2.75) is 53.4 Å². The molecule has 0 aliphatic rings. The lowest BCUT2D eigenvalue weighted by Crippen LogP contribution is -2.06. The van der Waals surface area contributed by atoms with Crippen molar-refractivity contribution < 1.29 is 5.11 Å². The van der Waals surface area contributed by atoms with Crippen LogP contribution in [-0.4, -0.2) is 14.9 Å². The van der Waals surface area contributed by atoms with Gasteiger partial charge in [-0.15, -0.1) is 5.10 Å². The molecule has 2 rings (SSSR count). The minimum atomic E-state index is 0.193. The molecule has 0 aliphatic heterocycles. The predicted molar refractivity (Wildman–Crippen MR) is 87.1 cm³/mol. The number of hydrogen-bond acceptors (Lipinski definition) is 2. The fourth-order valence-corrected chi connectivity index (χ4v) is 2.69. The summed E-state index contributed by atoms with van der Waals surface area (Å²) in [6.45, 7) is 8.62. The fourth-order valence-electron chi connectivity index (χ4n) is 2.69. The van der Waals surface area contributed by atoms with Gasteiger partial charge < -0.3 is 5.11 Å². The lowest BCUT2D eigenvalue weighted by molar-refractivity contribution is 0.438. The minimum absolute atomic E-state index is 0.193. The lowest BCUT2D eigenvalue weighted by Gasteiger charge is -2.12. The van der Waals surface area contributed by atoms with Crippen molar-refractivity contribution in [3.05, 3.63) is 41.1 Å². The maximum absolute atomic E-state index is 10.3. The van der Waals surface area contributed by atoms with E-state index in [1.54, 1.807) is 0 Å². The van der Waals surface area contributed by atoms with Gasteiger partial charge in [0.25, 0.3) is 0 Å². The SMILES string of the molecule is CCCCc1c(CC(C)C)c(O)nn1-c1ccccc1C. The van der Waals surface area contributed by atoms with E-state index >= 15 is 0 Å². The fraction of sp³-hybridized carbons (Fsp3) is 0.500. The average molecular weight is 286 g/mol. The highest BCUT2D eigenvalue weighted by Crippen LogP contribution is 2.28. The van der Waals surface area contributed by atoms with Gasteiger partial charge in [0.1, 0.15) is 0 Å². The quantitative estimate of drug-likeness (QED) is 0.853. The minimum Gasteiger partial charge on any atom is -0.492 e. The summed E-state index contributed by atoms with van der Waals surface area (Å²) >= 11 is 0. The molecular weight excluding hydrogens is 260 g/mol. The zero-order chi connectivity index (χ0) is 15.4. The summed E-state index contributed by atoms with van der Waals surface area (Å²) in [6, 6.07) is 8.20. The Kier molecular flexibility index (Phi) is 5.05. The summed E-state index contributed by atoms with van der Waals surface area (Å²) < 4.78 is 1.94. The van der Waals surface area contributed by atoms with E-state index < -0.39 is 0 Å². The molecule has 114 valence electrons. The third kappa shape index (κ3) is 3.46. The van der Waals surface area contributed by atoms with Gasteiger partial charge in [-0.2, -0.15) is 0 Å². The van der Waals surface area contributed by atoms with Crippen molar-refractivity contribution in [3.8, 4) is 11.6 Å². The monoisotopic (exact) mass is 286 g/mol. The molecule has 3 heteroatoms. The first-order chi connectivity index (χ1) is 10.0. The number of nitrogens with zero attached hydrogens (tertiary/aromatic N) is 2. The van der Waals surface area contributed by atoms with Crippen LogP contribution in [0.2, 0.25) is 0 Å². The van der Waals surface area contributed by atoms with Crippen LogP contribution in [-0.2, 0) is 12.8 Å². The third-order valence-electron chi connectivity index (χ3n) is 3.79. The Bertz CT molecular complexity index is 599. The Morgan fingerprint density at radius 2 is 1.95 bits per heavy atom. The van der Waals surface area contributed by atoms with Crippen molar-refractivity contribution in [2.75, 3.05) is 0 Å². The van der Waals surface area contributed by atoms with E-state index in [2.05, 4.69) is 44.9 Å². The van der Waals surface area contributed by atoms with Crippen molar-refractivity contribution in [1.82, 2.24) is 9.78 Å². The van der Waals surface area contributed by atoms with Crippen LogP contribution in [0.1, 0.15) is 50.4 Å². The molecule has 0 atom stereocenters. The third-order valence-corrected chi connectivity index (χ3v) is 3.79. The molecule has 0 saturated carbocycles. The van der Waals surface area contributed by atoms with E-state index in [1.807, 2.05) is 16.8 Å². The second kappa shape index (κ2) is 6.79. The van der Waals surface area contributed by atoms with E-state index in [0.717, 1.165) is 42.6 Å². The molecule has 0 fully saturated rings. The standard InChI is InChI=1S/C18H26N2O/c1-5-6-10-17-15(12-13(2)3)18(21)19-20(17)16-11-8-7-9-14(16)4/h7-9,11,13H,5-6,10,12H2,1-4H3,(H,19,21). The second-order valence-corrected chi connectivity index (χ2v) is 6.15. The van der Waals surface area contributed by atoms with Crippen molar-refractivity contribution in [1.29, 1.82) is 0 Å². The molecule has 0 saturated heterocycles. The average Bonchev–Trinajstić information content (AvgIpc) is 2.73. The van der Waals surface area contributed by atoms with Crippen LogP contribution in [0.4, 0.5) is 0 Å². The van der Waals surface area contributed by atoms with Crippen molar-refractivity contribution in [3.63, 3.8) is 0 Å².